The second kappa shape index (κ2) is 6.89. The Morgan fingerprint density at radius 3 is 2.58 bits per heavy atom. The first-order chi connectivity index (χ1) is 11.0. The van der Waals surface area contributed by atoms with Crippen LogP contribution in [0, 0.1) is 17.5 Å². The molecule has 2 aromatic heterocycles. The number of hydrogen-bond donors (Lipinski definition) is 2. The molecular weight excluding hydrogens is 365 g/mol. The van der Waals surface area contributed by atoms with Gasteiger partial charge in [-0.1, -0.05) is 0 Å². The van der Waals surface area contributed by atoms with Crippen LogP contribution in [0.15, 0.2) is 33.9 Å². The highest BCUT2D eigenvalue weighted by atomic mass is 35.5. The van der Waals surface area contributed by atoms with Gasteiger partial charge in [0.2, 0.25) is 5.96 Å². The van der Waals surface area contributed by atoms with E-state index in [-0.39, 0.29) is 29.6 Å². The van der Waals surface area contributed by atoms with Gasteiger partial charge in [-0.15, -0.1) is 28.8 Å². The first kappa shape index (κ1) is 17.8. The van der Waals surface area contributed by atoms with Crippen LogP contribution in [0.5, 0.6) is 0 Å². The third kappa shape index (κ3) is 3.19. The largest absolute Gasteiger partial charge is 0.369 e. The van der Waals surface area contributed by atoms with Gasteiger partial charge in [-0.05, 0) is 6.07 Å². The maximum Gasteiger partial charge on any atom is 0.211 e. The van der Waals surface area contributed by atoms with Gasteiger partial charge in [-0.25, -0.2) is 18.2 Å². The van der Waals surface area contributed by atoms with Crippen LogP contribution < -0.4 is 11.5 Å². The molecule has 0 aliphatic heterocycles. The van der Waals surface area contributed by atoms with E-state index in [1.165, 1.54) is 17.6 Å². The van der Waals surface area contributed by atoms with Crippen molar-refractivity contribution in [1.29, 1.82) is 0 Å². The lowest BCUT2D eigenvalue weighted by atomic mass is 10.1. The van der Waals surface area contributed by atoms with Gasteiger partial charge in [0.15, 0.2) is 16.6 Å². The van der Waals surface area contributed by atoms with E-state index < -0.39 is 17.5 Å². The van der Waals surface area contributed by atoms with Gasteiger partial charge in [0.1, 0.15) is 11.5 Å². The van der Waals surface area contributed by atoms with Crippen molar-refractivity contribution < 1.29 is 13.2 Å². The van der Waals surface area contributed by atoms with E-state index >= 15 is 0 Å². The van der Waals surface area contributed by atoms with Gasteiger partial charge < -0.3 is 11.5 Å². The predicted molar refractivity (Wildman–Crippen MR) is 89.0 cm³/mol. The second-order valence-corrected chi connectivity index (χ2v) is 5.29. The molecule has 0 saturated carbocycles. The topological polar surface area (TPSA) is 94.1 Å². The average Bonchev–Trinajstić information content (AvgIpc) is 3.05. The van der Waals surface area contributed by atoms with E-state index in [2.05, 4.69) is 15.2 Å². The highest BCUT2D eigenvalue weighted by molar-refractivity contribution is 7.15. The summed E-state index contributed by atoms with van der Waals surface area (Å²) in [6.07, 6.45) is 2.92. The Balaban J connectivity index is 0.00000208. The van der Waals surface area contributed by atoms with Gasteiger partial charge in [-0.3, -0.25) is 4.40 Å². The number of halogens is 4. The van der Waals surface area contributed by atoms with E-state index in [0.29, 0.717) is 16.7 Å². The lowest BCUT2D eigenvalue weighted by Crippen LogP contribution is -2.21. The molecule has 0 bridgehead atoms. The molecular formula is C13H10ClF3N6S. The Bertz CT molecular complexity index is 945. The van der Waals surface area contributed by atoms with Crippen molar-refractivity contribution in [3.05, 3.63) is 46.9 Å². The molecule has 3 aromatic rings. The van der Waals surface area contributed by atoms with Crippen LogP contribution in [-0.2, 0) is 0 Å². The molecule has 0 amide bonds. The summed E-state index contributed by atoms with van der Waals surface area (Å²) in [7, 11) is 0. The van der Waals surface area contributed by atoms with Gasteiger partial charge in [0, 0.05) is 23.2 Å². The molecule has 0 fully saturated rings. The minimum absolute atomic E-state index is 0. The van der Waals surface area contributed by atoms with E-state index in [0.717, 1.165) is 6.07 Å². The van der Waals surface area contributed by atoms with E-state index in [9.17, 15) is 13.2 Å². The fourth-order valence-electron chi connectivity index (χ4n) is 1.98. The van der Waals surface area contributed by atoms with Crippen LogP contribution in [0.25, 0.3) is 16.2 Å². The van der Waals surface area contributed by atoms with Crippen LogP contribution in [-0.4, -0.2) is 21.6 Å². The van der Waals surface area contributed by atoms with Crippen LogP contribution in [0.3, 0.4) is 0 Å². The molecule has 0 radical (unpaired) electrons. The molecule has 0 spiro atoms. The minimum Gasteiger partial charge on any atom is -0.369 e. The summed E-state index contributed by atoms with van der Waals surface area (Å²) in [5.41, 5.74) is 10.6. The SMILES string of the molecule is Cl.NC(N)=N/N=C/c1c(-c2cc(F)c(F)cc2F)nc2sccn12. The minimum atomic E-state index is -1.28. The Morgan fingerprint density at radius 1 is 1.17 bits per heavy atom. The van der Waals surface area contributed by atoms with Gasteiger partial charge in [-0.2, -0.15) is 5.10 Å². The lowest BCUT2D eigenvalue weighted by Gasteiger charge is -2.03. The molecule has 11 heteroatoms. The second-order valence-electron chi connectivity index (χ2n) is 4.42. The zero-order chi connectivity index (χ0) is 16.6. The number of aromatic nitrogens is 2. The Morgan fingerprint density at radius 2 is 1.88 bits per heavy atom. The van der Waals surface area contributed by atoms with Gasteiger partial charge >= 0.3 is 0 Å². The summed E-state index contributed by atoms with van der Waals surface area (Å²) >= 11 is 1.28. The Labute approximate surface area is 143 Å². The third-order valence-corrected chi connectivity index (χ3v) is 3.67. The summed E-state index contributed by atoms with van der Waals surface area (Å²) in [6.45, 7) is 0. The van der Waals surface area contributed by atoms with E-state index in [1.807, 2.05) is 0 Å². The normalized spacial score (nSPS) is 11.0. The van der Waals surface area contributed by atoms with Crippen molar-refractivity contribution in [1.82, 2.24) is 9.38 Å². The summed E-state index contributed by atoms with van der Waals surface area (Å²) < 4.78 is 42.2. The zero-order valence-corrected chi connectivity index (χ0v) is 13.4. The average molecular weight is 375 g/mol. The highest BCUT2D eigenvalue weighted by Crippen LogP contribution is 2.29. The molecule has 2 heterocycles. The quantitative estimate of drug-likeness (QED) is 0.319. The summed E-state index contributed by atoms with van der Waals surface area (Å²) in [5, 5.41) is 8.88. The van der Waals surface area contributed by atoms with Crippen molar-refractivity contribution in [2.75, 3.05) is 0 Å². The molecule has 0 unspecified atom stereocenters. The molecule has 0 saturated heterocycles. The molecule has 4 N–H and O–H groups in total. The van der Waals surface area contributed by atoms with Crippen molar-refractivity contribution in [2.45, 2.75) is 0 Å². The van der Waals surface area contributed by atoms with Gasteiger partial charge in [0.05, 0.1) is 11.9 Å². The number of nitrogens with two attached hydrogens (primary N) is 2. The fraction of sp³-hybridized carbons (Fsp3) is 0. The van der Waals surface area contributed by atoms with Crippen molar-refractivity contribution >= 4 is 40.9 Å². The van der Waals surface area contributed by atoms with E-state index in [1.54, 1.807) is 16.0 Å². The van der Waals surface area contributed by atoms with Crippen molar-refractivity contribution in [3.8, 4) is 11.3 Å². The molecule has 126 valence electrons. The number of imidazole rings is 1. The van der Waals surface area contributed by atoms with Crippen molar-refractivity contribution in [2.24, 2.45) is 21.7 Å². The third-order valence-electron chi connectivity index (χ3n) is 2.92. The summed E-state index contributed by atoms with van der Waals surface area (Å²) in [6, 6.07) is 1.21. The number of hydrogen-bond acceptors (Lipinski definition) is 4. The summed E-state index contributed by atoms with van der Waals surface area (Å²) in [5.74, 6) is -3.65. The zero-order valence-electron chi connectivity index (χ0n) is 11.8. The number of benzene rings is 1. The van der Waals surface area contributed by atoms with Crippen LogP contribution in [0.1, 0.15) is 5.69 Å². The maximum atomic E-state index is 14.0. The first-order valence-electron chi connectivity index (χ1n) is 6.20. The molecule has 24 heavy (non-hydrogen) atoms. The highest BCUT2D eigenvalue weighted by Gasteiger charge is 2.19. The van der Waals surface area contributed by atoms with E-state index in [4.69, 9.17) is 11.5 Å². The predicted octanol–water partition coefficient (Wildman–Crippen LogP) is 2.51. The van der Waals surface area contributed by atoms with Crippen LogP contribution in [0.4, 0.5) is 13.2 Å². The van der Waals surface area contributed by atoms with Gasteiger partial charge in [0.25, 0.3) is 0 Å². The monoisotopic (exact) mass is 374 g/mol. The fourth-order valence-corrected chi connectivity index (χ4v) is 2.70. The molecule has 0 atom stereocenters. The van der Waals surface area contributed by atoms with Crippen LogP contribution >= 0.6 is 23.7 Å². The molecule has 0 aliphatic carbocycles. The van der Waals surface area contributed by atoms with Crippen LogP contribution in [0.2, 0.25) is 0 Å². The number of thiazole rings is 1. The molecule has 0 aliphatic rings. The smallest absolute Gasteiger partial charge is 0.211 e. The molecule has 3 rings (SSSR count). The Kier molecular flexibility index (Phi) is 5.10. The Hall–Kier alpha value is -2.59. The number of guanidine groups is 1. The lowest BCUT2D eigenvalue weighted by molar-refractivity contribution is 0.496. The summed E-state index contributed by atoms with van der Waals surface area (Å²) in [4.78, 5) is 4.75. The number of fused-ring (bicyclic) bond motifs is 1. The maximum absolute atomic E-state index is 14.0. The first-order valence-corrected chi connectivity index (χ1v) is 7.07. The number of rotatable bonds is 3. The number of nitrogens with zero attached hydrogens (tertiary/aromatic N) is 4. The van der Waals surface area contributed by atoms with Crippen molar-refractivity contribution in [3.63, 3.8) is 0 Å². The standard InChI is InChI=1S/C13H9F3N6S.ClH/c14-7-4-9(16)8(15)3-6(7)11-10(5-19-21-12(17)18)22-1-2-23-13(22)20-11;/h1-5H,(H4,17,18,21);1H/b19-5+;. The molecule has 1 aromatic carbocycles. The molecule has 6 nitrogen and oxygen atoms in total.